The minimum absolute atomic E-state index is 0.316. The summed E-state index contributed by atoms with van der Waals surface area (Å²) in [5.74, 6) is 0. The van der Waals surface area contributed by atoms with Gasteiger partial charge < -0.3 is 5.32 Å². The summed E-state index contributed by atoms with van der Waals surface area (Å²) in [5, 5.41) is 9.05. The second kappa shape index (κ2) is 7.15. The Morgan fingerprint density at radius 1 is 1.38 bits per heavy atom. The molecule has 1 aromatic heterocycles. The van der Waals surface area contributed by atoms with Crippen molar-refractivity contribution in [1.29, 1.82) is 0 Å². The fourth-order valence-corrected chi connectivity index (χ4v) is 3.36. The van der Waals surface area contributed by atoms with Crippen molar-refractivity contribution in [3.8, 4) is 0 Å². The fourth-order valence-electron chi connectivity index (χ4n) is 3.12. The summed E-state index contributed by atoms with van der Waals surface area (Å²) < 4.78 is 1.81. The first kappa shape index (κ1) is 16.8. The summed E-state index contributed by atoms with van der Waals surface area (Å²) in [7, 11) is 1.93. The van der Waals surface area contributed by atoms with Crippen molar-refractivity contribution in [3.63, 3.8) is 0 Å². The number of hydrogen-bond acceptors (Lipinski definition) is 2. The van der Waals surface area contributed by atoms with E-state index in [4.69, 9.17) is 11.6 Å². The van der Waals surface area contributed by atoms with Gasteiger partial charge in [-0.25, -0.2) is 0 Å². The molecular formula is C17H30ClN3. The number of hydrogen-bond donors (Lipinski definition) is 1. The molecule has 0 aromatic carbocycles. The van der Waals surface area contributed by atoms with Gasteiger partial charge in [0.2, 0.25) is 0 Å². The average molecular weight is 312 g/mol. The Bertz CT molecular complexity index is 465. The van der Waals surface area contributed by atoms with Gasteiger partial charge >= 0.3 is 0 Å². The largest absolute Gasteiger partial charge is 0.313 e. The summed E-state index contributed by atoms with van der Waals surface area (Å²) in [6, 6.07) is 0.767. The van der Waals surface area contributed by atoms with E-state index >= 15 is 0 Å². The first-order valence-electron chi connectivity index (χ1n) is 8.42. The van der Waals surface area contributed by atoms with Crippen LogP contribution in [0.3, 0.4) is 0 Å². The second-order valence-electron chi connectivity index (χ2n) is 6.77. The predicted molar refractivity (Wildman–Crippen MR) is 89.9 cm³/mol. The molecule has 1 aromatic rings. The third-order valence-corrected chi connectivity index (χ3v) is 5.45. The highest BCUT2D eigenvalue weighted by Crippen LogP contribution is 2.36. The molecule has 1 fully saturated rings. The maximum absolute atomic E-state index is 6.47. The molecule has 0 amide bonds. The van der Waals surface area contributed by atoms with Gasteiger partial charge in [-0.1, -0.05) is 38.3 Å². The normalized spacial score (nSPS) is 18.0. The van der Waals surface area contributed by atoms with Gasteiger partial charge in [0.25, 0.3) is 0 Å². The van der Waals surface area contributed by atoms with Gasteiger partial charge in [0.05, 0.1) is 5.69 Å². The lowest BCUT2D eigenvalue weighted by atomic mass is 9.75. The van der Waals surface area contributed by atoms with Gasteiger partial charge in [0.15, 0.2) is 0 Å². The van der Waals surface area contributed by atoms with E-state index < -0.39 is 0 Å². The van der Waals surface area contributed by atoms with Gasteiger partial charge in [-0.3, -0.25) is 4.68 Å². The highest BCUT2D eigenvalue weighted by Gasteiger charge is 2.33. The summed E-state index contributed by atoms with van der Waals surface area (Å²) in [6.45, 7) is 7.79. The van der Waals surface area contributed by atoms with Crippen LogP contribution in [0.25, 0.3) is 0 Å². The van der Waals surface area contributed by atoms with Gasteiger partial charge in [-0.2, -0.15) is 5.10 Å². The number of rotatable bonds is 9. The maximum atomic E-state index is 6.47. The van der Waals surface area contributed by atoms with E-state index in [9.17, 15) is 0 Å². The van der Waals surface area contributed by atoms with E-state index in [0.717, 1.165) is 29.9 Å². The number of aromatic nitrogens is 2. The van der Waals surface area contributed by atoms with Crippen LogP contribution in [0, 0.1) is 12.3 Å². The van der Waals surface area contributed by atoms with Crippen molar-refractivity contribution >= 4 is 11.6 Å². The molecular weight excluding hydrogens is 282 g/mol. The minimum atomic E-state index is 0.316. The Morgan fingerprint density at radius 2 is 2.10 bits per heavy atom. The monoisotopic (exact) mass is 311 g/mol. The van der Waals surface area contributed by atoms with Crippen molar-refractivity contribution in [2.45, 2.75) is 71.8 Å². The van der Waals surface area contributed by atoms with E-state index in [-0.39, 0.29) is 0 Å². The number of unbranched alkanes of at least 4 members (excludes halogenated alkanes) is 1. The lowest BCUT2D eigenvalue weighted by Gasteiger charge is -2.34. The van der Waals surface area contributed by atoms with Gasteiger partial charge in [0, 0.05) is 25.2 Å². The van der Waals surface area contributed by atoms with Crippen LogP contribution in [0.1, 0.15) is 63.6 Å². The Balaban J connectivity index is 2.15. The maximum Gasteiger partial charge on any atom is 0.130 e. The molecule has 21 heavy (non-hydrogen) atoms. The van der Waals surface area contributed by atoms with Gasteiger partial charge in [-0.05, 0) is 44.4 Å². The molecule has 1 aliphatic carbocycles. The standard InChI is InChI=1S/C17H30ClN3/c1-5-7-10-17(6-2,12-19-14-8-9-14)11-15-13(3)20-21(4)16(15)18/h14,19H,5-12H2,1-4H3. The smallest absolute Gasteiger partial charge is 0.130 e. The first-order valence-corrected chi connectivity index (χ1v) is 8.80. The van der Waals surface area contributed by atoms with E-state index in [1.807, 2.05) is 7.05 Å². The molecule has 1 unspecified atom stereocenters. The summed E-state index contributed by atoms with van der Waals surface area (Å²) in [5.41, 5.74) is 2.65. The van der Waals surface area contributed by atoms with Crippen molar-refractivity contribution in [2.24, 2.45) is 12.5 Å². The molecule has 0 spiro atoms. The molecule has 0 saturated heterocycles. The highest BCUT2D eigenvalue weighted by atomic mass is 35.5. The van der Waals surface area contributed by atoms with Crippen molar-refractivity contribution in [1.82, 2.24) is 15.1 Å². The molecule has 1 saturated carbocycles. The Kier molecular flexibility index (Phi) is 5.73. The van der Waals surface area contributed by atoms with Crippen LogP contribution in [-0.4, -0.2) is 22.4 Å². The zero-order valence-electron chi connectivity index (χ0n) is 14.0. The summed E-state index contributed by atoms with van der Waals surface area (Å²) in [6.07, 6.45) is 8.74. The van der Waals surface area contributed by atoms with E-state index in [2.05, 4.69) is 31.2 Å². The zero-order valence-corrected chi connectivity index (χ0v) is 14.8. The van der Waals surface area contributed by atoms with Gasteiger partial charge in [0.1, 0.15) is 5.15 Å². The third-order valence-electron chi connectivity index (χ3n) is 4.98. The van der Waals surface area contributed by atoms with Gasteiger partial charge in [-0.15, -0.1) is 0 Å². The topological polar surface area (TPSA) is 29.9 Å². The minimum Gasteiger partial charge on any atom is -0.313 e. The first-order chi connectivity index (χ1) is 10.0. The molecule has 0 aliphatic heterocycles. The molecule has 2 rings (SSSR count). The Labute approximate surface area is 134 Å². The highest BCUT2D eigenvalue weighted by molar-refractivity contribution is 6.30. The van der Waals surface area contributed by atoms with Crippen LogP contribution in [0.15, 0.2) is 0 Å². The molecule has 0 radical (unpaired) electrons. The molecule has 1 heterocycles. The van der Waals surface area contributed by atoms with Crippen LogP contribution in [-0.2, 0) is 13.5 Å². The predicted octanol–water partition coefficient (Wildman–Crippen LogP) is 4.26. The lowest BCUT2D eigenvalue weighted by molar-refractivity contribution is 0.228. The molecule has 4 heteroatoms. The van der Waals surface area contributed by atoms with E-state index in [1.165, 1.54) is 44.1 Å². The van der Waals surface area contributed by atoms with Crippen LogP contribution >= 0.6 is 11.6 Å². The van der Waals surface area contributed by atoms with E-state index in [1.54, 1.807) is 4.68 Å². The Morgan fingerprint density at radius 3 is 2.57 bits per heavy atom. The molecule has 120 valence electrons. The zero-order chi connectivity index (χ0) is 15.5. The van der Waals surface area contributed by atoms with Crippen LogP contribution in [0.2, 0.25) is 5.15 Å². The Hall–Kier alpha value is -0.540. The molecule has 3 nitrogen and oxygen atoms in total. The SMILES string of the molecule is CCCCC(CC)(CNC1CC1)Cc1c(C)nn(C)c1Cl. The van der Waals surface area contributed by atoms with Crippen molar-refractivity contribution < 1.29 is 0 Å². The number of aryl methyl sites for hydroxylation is 2. The molecule has 0 bridgehead atoms. The number of halogens is 1. The molecule has 1 atom stereocenters. The molecule has 1 aliphatic rings. The third kappa shape index (κ3) is 4.23. The second-order valence-corrected chi connectivity index (χ2v) is 7.13. The summed E-state index contributed by atoms with van der Waals surface area (Å²) in [4.78, 5) is 0. The van der Waals surface area contributed by atoms with E-state index in [0.29, 0.717) is 5.41 Å². The average Bonchev–Trinajstić information content (AvgIpc) is 3.26. The van der Waals surface area contributed by atoms with Crippen molar-refractivity contribution in [3.05, 3.63) is 16.4 Å². The van der Waals surface area contributed by atoms with Crippen LogP contribution < -0.4 is 5.32 Å². The van der Waals surface area contributed by atoms with Crippen LogP contribution in [0.5, 0.6) is 0 Å². The fraction of sp³-hybridized carbons (Fsp3) is 0.824. The quantitative estimate of drug-likeness (QED) is 0.738. The van der Waals surface area contributed by atoms with Crippen LogP contribution in [0.4, 0.5) is 0 Å². The lowest BCUT2D eigenvalue weighted by Crippen LogP contribution is -2.37. The number of nitrogens with zero attached hydrogens (tertiary/aromatic N) is 2. The molecule has 1 N–H and O–H groups in total. The number of nitrogens with one attached hydrogen (secondary N) is 1. The summed E-state index contributed by atoms with van der Waals surface area (Å²) >= 11 is 6.47. The van der Waals surface area contributed by atoms with Crippen molar-refractivity contribution in [2.75, 3.05) is 6.54 Å².